The molecule has 1 aliphatic rings. The Bertz CT molecular complexity index is 449. The van der Waals surface area contributed by atoms with E-state index in [1.165, 1.54) is 11.9 Å². The Morgan fingerprint density at radius 3 is 2.44 bits per heavy atom. The molecule has 0 bridgehead atoms. The van der Waals surface area contributed by atoms with Crippen molar-refractivity contribution < 1.29 is 22.7 Å². The standard InChI is InChI=1S/C12H12F3NO2/c1-16(8-2-3-18-6-8)12(17)7-4-9(13)11(15)10(14)5-7/h4-5,8H,2-3,6H2,1H3. The van der Waals surface area contributed by atoms with E-state index in [-0.39, 0.29) is 11.6 Å². The summed E-state index contributed by atoms with van der Waals surface area (Å²) in [4.78, 5) is 13.3. The van der Waals surface area contributed by atoms with Gasteiger partial charge in [0, 0.05) is 19.2 Å². The van der Waals surface area contributed by atoms with Crippen LogP contribution >= 0.6 is 0 Å². The Kier molecular flexibility index (Phi) is 3.56. The van der Waals surface area contributed by atoms with E-state index >= 15 is 0 Å². The van der Waals surface area contributed by atoms with Crippen LogP contribution in [0.5, 0.6) is 0 Å². The lowest BCUT2D eigenvalue weighted by molar-refractivity contribution is 0.0710. The summed E-state index contributed by atoms with van der Waals surface area (Å²) >= 11 is 0. The third-order valence-corrected chi connectivity index (χ3v) is 3.00. The molecule has 98 valence electrons. The molecule has 0 N–H and O–H groups in total. The molecule has 0 radical (unpaired) electrons. The summed E-state index contributed by atoms with van der Waals surface area (Å²) in [7, 11) is 1.53. The average Bonchev–Trinajstić information content (AvgIpc) is 2.87. The number of halogens is 3. The number of benzene rings is 1. The van der Waals surface area contributed by atoms with Crippen LogP contribution in [-0.4, -0.2) is 37.1 Å². The molecule has 0 aromatic heterocycles. The summed E-state index contributed by atoms with van der Waals surface area (Å²) in [6.45, 7) is 0.947. The van der Waals surface area contributed by atoms with E-state index in [4.69, 9.17) is 4.74 Å². The topological polar surface area (TPSA) is 29.5 Å². The number of likely N-dealkylation sites (N-methyl/N-ethyl adjacent to an activating group) is 1. The van der Waals surface area contributed by atoms with Crippen molar-refractivity contribution in [3.8, 4) is 0 Å². The molecule has 6 heteroatoms. The molecule has 0 aliphatic carbocycles. The van der Waals surface area contributed by atoms with Crippen LogP contribution in [0.15, 0.2) is 12.1 Å². The first-order valence-corrected chi connectivity index (χ1v) is 5.50. The first-order valence-electron chi connectivity index (χ1n) is 5.50. The predicted molar refractivity (Wildman–Crippen MR) is 57.6 cm³/mol. The van der Waals surface area contributed by atoms with E-state index in [1.54, 1.807) is 0 Å². The second-order valence-electron chi connectivity index (χ2n) is 4.19. The van der Waals surface area contributed by atoms with Gasteiger partial charge in [-0.1, -0.05) is 0 Å². The van der Waals surface area contributed by atoms with Crippen LogP contribution in [0.4, 0.5) is 13.2 Å². The lowest BCUT2D eigenvalue weighted by Crippen LogP contribution is -2.37. The molecule has 2 rings (SSSR count). The Labute approximate surface area is 102 Å². The van der Waals surface area contributed by atoms with Gasteiger partial charge < -0.3 is 9.64 Å². The van der Waals surface area contributed by atoms with Crippen molar-refractivity contribution >= 4 is 5.91 Å². The van der Waals surface area contributed by atoms with Crippen molar-refractivity contribution in [1.29, 1.82) is 0 Å². The number of carbonyl (C=O) groups excluding carboxylic acids is 1. The van der Waals surface area contributed by atoms with E-state index < -0.39 is 23.4 Å². The normalized spacial score (nSPS) is 19.0. The van der Waals surface area contributed by atoms with Crippen molar-refractivity contribution in [2.24, 2.45) is 0 Å². The van der Waals surface area contributed by atoms with Gasteiger partial charge in [-0.25, -0.2) is 13.2 Å². The fraction of sp³-hybridized carbons (Fsp3) is 0.417. The number of nitrogens with zero attached hydrogens (tertiary/aromatic N) is 1. The molecule has 18 heavy (non-hydrogen) atoms. The molecule has 0 saturated carbocycles. The Balaban J connectivity index is 2.22. The van der Waals surface area contributed by atoms with Crippen molar-refractivity contribution in [3.63, 3.8) is 0 Å². The monoisotopic (exact) mass is 259 g/mol. The van der Waals surface area contributed by atoms with Crippen LogP contribution in [0.25, 0.3) is 0 Å². The summed E-state index contributed by atoms with van der Waals surface area (Å²) in [6.07, 6.45) is 0.675. The number of hydrogen-bond donors (Lipinski definition) is 0. The largest absolute Gasteiger partial charge is 0.379 e. The number of ether oxygens (including phenoxy) is 1. The zero-order chi connectivity index (χ0) is 13.3. The summed E-state index contributed by atoms with van der Waals surface area (Å²) in [5.74, 6) is -4.86. The molecule has 1 aromatic carbocycles. The number of rotatable bonds is 2. The Morgan fingerprint density at radius 2 is 1.94 bits per heavy atom. The van der Waals surface area contributed by atoms with Gasteiger partial charge in [-0.15, -0.1) is 0 Å². The summed E-state index contributed by atoms with van der Waals surface area (Å²) in [6, 6.07) is 1.29. The summed E-state index contributed by atoms with van der Waals surface area (Å²) in [5.41, 5.74) is -0.208. The van der Waals surface area contributed by atoms with Gasteiger partial charge in [0.1, 0.15) is 0 Å². The van der Waals surface area contributed by atoms with E-state index in [0.717, 1.165) is 0 Å². The first-order chi connectivity index (χ1) is 8.50. The predicted octanol–water partition coefficient (Wildman–Crippen LogP) is 1.96. The van der Waals surface area contributed by atoms with Crippen molar-refractivity contribution in [3.05, 3.63) is 35.1 Å². The van der Waals surface area contributed by atoms with Crippen LogP contribution < -0.4 is 0 Å². The molecule has 1 fully saturated rings. The minimum atomic E-state index is -1.57. The van der Waals surface area contributed by atoms with Crippen LogP contribution in [-0.2, 0) is 4.74 Å². The Hall–Kier alpha value is -1.56. The maximum Gasteiger partial charge on any atom is 0.254 e. The minimum absolute atomic E-state index is 0.117. The fourth-order valence-electron chi connectivity index (χ4n) is 1.88. The smallest absolute Gasteiger partial charge is 0.254 e. The van der Waals surface area contributed by atoms with Crippen LogP contribution in [0.2, 0.25) is 0 Å². The van der Waals surface area contributed by atoms with Gasteiger partial charge >= 0.3 is 0 Å². The van der Waals surface area contributed by atoms with Crippen molar-refractivity contribution in [1.82, 2.24) is 4.90 Å². The van der Waals surface area contributed by atoms with Gasteiger partial charge in [0.25, 0.3) is 5.91 Å². The van der Waals surface area contributed by atoms with Gasteiger partial charge in [0.05, 0.1) is 12.6 Å². The van der Waals surface area contributed by atoms with Gasteiger partial charge in [0.15, 0.2) is 17.5 Å². The summed E-state index contributed by atoms with van der Waals surface area (Å²) < 4.78 is 44.0. The molecule has 1 heterocycles. The van der Waals surface area contributed by atoms with Crippen LogP contribution in [0, 0.1) is 17.5 Å². The first kappa shape index (κ1) is 12.9. The quantitative estimate of drug-likeness (QED) is 0.760. The van der Waals surface area contributed by atoms with Crippen LogP contribution in [0.1, 0.15) is 16.8 Å². The highest BCUT2D eigenvalue weighted by Crippen LogP contribution is 2.18. The molecular formula is C12H12F3NO2. The third-order valence-electron chi connectivity index (χ3n) is 3.00. The van der Waals surface area contributed by atoms with E-state index in [1.807, 2.05) is 0 Å². The fourth-order valence-corrected chi connectivity index (χ4v) is 1.88. The highest BCUT2D eigenvalue weighted by molar-refractivity contribution is 5.94. The zero-order valence-electron chi connectivity index (χ0n) is 9.75. The van der Waals surface area contributed by atoms with Crippen LogP contribution in [0.3, 0.4) is 0 Å². The molecule has 1 unspecified atom stereocenters. The zero-order valence-corrected chi connectivity index (χ0v) is 9.75. The van der Waals surface area contributed by atoms with Gasteiger partial charge in [-0.3, -0.25) is 4.79 Å². The lowest BCUT2D eigenvalue weighted by Gasteiger charge is -2.23. The van der Waals surface area contributed by atoms with E-state index in [2.05, 4.69) is 0 Å². The number of amides is 1. The van der Waals surface area contributed by atoms with Gasteiger partial charge in [0.2, 0.25) is 0 Å². The number of hydrogen-bond acceptors (Lipinski definition) is 2. The van der Waals surface area contributed by atoms with E-state index in [9.17, 15) is 18.0 Å². The molecule has 1 aromatic rings. The lowest BCUT2D eigenvalue weighted by atomic mass is 10.1. The van der Waals surface area contributed by atoms with E-state index in [0.29, 0.717) is 31.8 Å². The molecule has 1 aliphatic heterocycles. The minimum Gasteiger partial charge on any atom is -0.379 e. The average molecular weight is 259 g/mol. The number of carbonyl (C=O) groups is 1. The summed E-state index contributed by atoms with van der Waals surface area (Å²) in [5, 5.41) is 0. The SMILES string of the molecule is CN(C(=O)c1cc(F)c(F)c(F)c1)C1CCOC1. The highest BCUT2D eigenvalue weighted by Gasteiger charge is 2.26. The molecular weight excluding hydrogens is 247 g/mol. The van der Waals surface area contributed by atoms with Gasteiger partial charge in [-0.2, -0.15) is 0 Å². The Morgan fingerprint density at radius 1 is 1.33 bits per heavy atom. The maximum absolute atomic E-state index is 13.0. The van der Waals surface area contributed by atoms with Crippen molar-refractivity contribution in [2.75, 3.05) is 20.3 Å². The molecule has 3 nitrogen and oxygen atoms in total. The molecule has 1 atom stereocenters. The third kappa shape index (κ3) is 2.33. The van der Waals surface area contributed by atoms with Gasteiger partial charge in [-0.05, 0) is 18.6 Å². The molecule has 1 amide bonds. The maximum atomic E-state index is 13.0. The molecule has 1 saturated heterocycles. The second kappa shape index (κ2) is 4.97. The van der Waals surface area contributed by atoms with Crippen molar-refractivity contribution in [2.45, 2.75) is 12.5 Å². The second-order valence-corrected chi connectivity index (χ2v) is 4.19. The molecule has 0 spiro atoms. The highest BCUT2D eigenvalue weighted by atomic mass is 19.2.